The largest absolute Gasteiger partial charge is 0.478 e. The van der Waals surface area contributed by atoms with Crippen LogP contribution in [0.5, 0.6) is 0 Å². The van der Waals surface area contributed by atoms with Gasteiger partial charge in [-0.15, -0.1) is 0 Å². The second-order valence-corrected chi connectivity index (χ2v) is 5.85. The number of aliphatic carboxylic acids is 1. The SMILES string of the molecule is CCOC(=O)/C(CCC(C)C)=C(/CCC(C)C)C(=O)O. The first-order chi connectivity index (χ1) is 9.29. The molecule has 4 nitrogen and oxygen atoms in total. The molecule has 0 aliphatic heterocycles. The van der Waals surface area contributed by atoms with Crippen LogP contribution in [0.15, 0.2) is 11.1 Å². The van der Waals surface area contributed by atoms with Gasteiger partial charge in [0.15, 0.2) is 0 Å². The fraction of sp³-hybridized carbons (Fsp3) is 0.750. The van der Waals surface area contributed by atoms with E-state index in [1.165, 1.54) is 0 Å². The second kappa shape index (κ2) is 9.56. The van der Waals surface area contributed by atoms with Gasteiger partial charge in [-0.25, -0.2) is 9.59 Å². The van der Waals surface area contributed by atoms with Gasteiger partial charge in [-0.05, 0) is 44.4 Å². The molecule has 0 radical (unpaired) electrons. The normalized spacial score (nSPS) is 12.6. The number of carbonyl (C=O) groups is 2. The summed E-state index contributed by atoms with van der Waals surface area (Å²) in [6.07, 6.45) is 2.42. The minimum absolute atomic E-state index is 0.220. The molecule has 0 atom stereocenters. The Kier molecular flexibility index (Phi) is 8.93. The van der Waals surface area contributed by atoms with Crippen LogP contribution in [0.4, 0.5) is 0 Å². The lowest BCUT2D eigenvalue weighted by molar-refractivity contribution is -0.140. The molecule has 0 saturated carbocycles. The van der Waals surface area contributed by atoms with Crippen LogP contribution in [0.2, 0.25) is 0 Å². The van der Waals surface area contributed by atoms with Crippen molar-refractivity contribution in [1.82, 2.24) is 0 Å². The lowest BCUT2D eigenvalue weighted by Crippen LogP contribution is -2.16. The summed E-state index contributed by atoms with van der Waals surface area (Å²) in [6.45, 7) is 10.2. The van der Waals surface area contributed by atoms with Gasteiger partial charge in [0.1, 0.15) is 0 Å². The minimum atomic E-state index is -1.00. The molecule has 20 heavy (non-hydrogen) atoms. The summed E-state index contributed by atoms with van der Waals surface area (Å²) in [5, 5.41) is 9.37. The molecule has 0 rings (SSSR count). The van der Waals surface area contributed by atoms with Crippen LogP contribution >= 0.6 is 0 Å². The smallest absolute Gasteiger partial charge is 0.334 e. The van der Waals surface area contributed by atoms with Gasteiger partial charge in [-0.1, -0.05) is 27.7 Å². The van der Waals surface area contributed by atoms with Gasteiger partial charge in [-0.2, -0.15) is 0 Å². The number of carboxylic acid groups (broad SMARTS) is 1. The maximum atomic E-state index is 12.0. The van der Waals surface area contributed by atoms with Gasteiger partial charge < -0.3 is 9.84 Å². The van der Waals surface area contributed by atoms with Crippen molar-refractivity contribution in [3.8, 4) is 0 Å². The first-order valence-corrected chi connectivity index (χ1v) is 7.41. The molecule has 0 unspecified atom stereocenters. The maximum absolute atomic E-state index is 12.0. The van der Waals surface area contributed by atoms with Crippen molar-refractivity contribution < 1.29 is 19.4 Å². The Labute approximate surface area is 122 Å². The van der Waals surface area contributed by atoms with Crippen molar-refractivity contribution in [2.75, 3.05) is 6.61 Å². The fourth-order valence-electron chi connectivity index (χ4n) is 1.85. The molecule has 0 saturated heterocycles. The maximum Gasteiger partial charge on any atom is 0.334 e. The molecule has 0 spiro atoms. The van der Waals surface area contributed by atoms with E-state index in [0.29, 0.717) is 30.3 Å². The van der Waals surface area contributed by atoms with E-state index in [1.54, 1.807) is 6.92 Å². The van der Waals surface area contributed by atoms with Crippen molar-refractivity contribution in [3.63, 3.8) is 0 Å². The van der Waals surface area contributed by atoms with Gasteiger partial charge in [0.05, 0.1) is 6.61 Å². The summed E-state index contributed by atoms with van der Waals surface area (Å²) in [7, 11) is 0. The average molecular weight is 284 g/mol. The third kappa shape index (κ3) is 7.31. The van der Waals surface area contributed by atoms with Gasteiger partial charge in [0, 0.05) is 11.1 Å². The molecular weight excluding hydrogens is 256 g/mol. The molecule has 116 valence electrons. The average Bonchev–Trinajstić information content (AvgIpc) is 2.32. The first-order valence-electron chi connectivity index (χ1n) is 7.41. The van der Waals surface area contributed by atoms with E-state index < -0.39 is 11.9 Å². The van der Waals surface area contributed by atoms with E-state index in [-0.39, 0.29) is 12.2 Å². The standard InChI is InChI=1S/C16H28O4/c1-6-20-16(19)14(10-8-12(4)5)13(15(17)18)9-7-11(2)3/h11-12H,6-10H2,1-5H3,(H,17,18)/b14-13-. The molecule has 4 heteroatoms. The third-order valence-corrected chi connectivity index (χ3v) is 3.09. The highest BCUT2D eigenvalue weighted by Gasteiger charge is 2.21. The van der Waals surface area contributed by atoms with Crippen molar-refractivity contribution in [1.29, 1.82) is 0 Å². The molecule has 1 N–H and O–H groups in total. The summed E-state index contributed by atoms with van der Waals surface area (Å²) in [4.78, 5) is 23.4. The zero-order valence-corrected chi connectivity index (χ0v) is 13.4. The Bertz CT molecular complexity index is 353. The Balaban J connectivity index is 5.25. The zero-order chi connectivity index (χ0) is 15.7. The third-order valence-electron chi connectivity index (χ3n) is 3.09. The molecule has 0 aromatic rings. The topological polar surface area (TPSA) is 63.6 Å². The van der Waals surface area contributed by atoms with Crippen molar-refractivity contribution >= 4 is 11.9 Å². The Morgan fingerprint density at radius 3 is 1.75 bits per heavy atom. The highest BCUT2D eigenvalue weighted by Crippen LogP contribution is 2.22. The van der Waals surface area contributed by atoms with Gasteiger partial charge in [0.2, 0.25) is 0 Å². The van der Waals surface area contributed by atoms with Crippen LogP contribution in [0.1, 0.15) is 60.3 Å². The monoisotopic (exact) mass is 284 g/mol. The van der Waals surface area contributed by atoms with Crippen LogP contribution in [-0.4, -0.2) is 23.7 Å². The van der Waals surface area contributed by atoms with Crippen molar-refractivity contribution in [3.05, 3.63) is 11.1 Å². The van der Waals surface area contributed by atoms with E-state index in [9.17, 15) is 14.7 Å². The molecule has 0 aromatic heterocycles. The Morgan fingerprint density at radius 1 is 0.950 bits per heavy atom. The Morgan fingerprint density at radius 2 is 1.40 bits per heavy atom. The van der Waals surface area contributed by atoms with Crippen LogP contribution in [0.3, 0.4) is 0 Å². The fourth-order valence-corrected chi connectivity index (χ4v) is 1.85. The highest BCUT2D eigenvalue weighted by molar-refractivity contribution is 5.99. The summed E-state index contributed by atoms with van der Waals surface area (Å²) in [6, 6.07) is 0. The van der Waals surface area contributed by atoms with Crippen LogP contribution in [-0.2, 0) is 14.3 Å². The van der Waals surface area contributed by atoms with Crippen molar-refractivity contribution in [2.45, 2.75) is 60.3 Å². The molecule has 0 aromatic carbocycles. The number of carboxylic acids is 1. The van der Waals surface area contributed by atoms with E-state index in [0.717, 1.165) is 12.8 Å². The number of esters is 1. The van der Waals surface area contributed by atoms with Gasteiger partial charge in [-0.3, -0.25) is 0 Å². The second-order valence-electron chi connectivity index (χ2n) is 5.85. The molecule has 0 amide bonds. The molecule has 0 fully saturated rings. The van der Waals surface area contributed by atoms with Crippen molar-refractivity contribution in [2.24, 2.45) is 11.8 Å². The number of hydrogen-bond donors (Lipinski definition) is 1. The number of rotatable bonds is 9. The first kappa shape index (κ1) is 18.7. The van der Waals surface area contributed by atoms with Gasteiger partial charge in [0.25, 0.3) is 0 Å². The molecule has 0 aliphatic carbocycles. The number of carbonyl (C=O) groups excluding carboxylic acids is 1. The predicted molar refractivity (Wildman–Crippen MR) is 79.4 cm³/mol. The van der Waals surface area contributed by atoms with Crippen LogP contribution in [0.25, 0.3) is 0 Å². The van der Waals surface area contributed by atoms with E-state index >= 15 is 0 Å². The molecule has 0 bridgehead atoms. The summed E-state index contributed by atoms with van der Waals surface area (Å²) < 4.78 is 5.01. The quantitative estimate of drug-likeness (QED) is 0.516. The molecule has 0 heterocycles. The lowest BCUT2D eigenvalue weighted by atomic mass is 9.94. The minimum Gasteiger partial charge on any atom is -0.478 e. The molecular formula is C16H28O4. The number of ether oxygens (including phenoxy) is 1. The van der Waals surface area contributed by atoms with E-state index in [1.807, 2.05) is 13.8 Å². The van der Waals surface area contributed by atoms with Crippen LogP contribution < -0.4 is 0 Å². The van der Waals surface area contributed by atoms with Crippen LogP contribution in [0, 0.1) is 11.8 Å². The number of hydrogen-bond acceptors (Lipinski definition) is 3. The summed E-state index contributed by atoms with van der Waals surface area (Å²) in [5.74, 6) is -0.663. The van der Waals surface area contributed by atoms with Gasteiger partial charge >= 0.3 is 11.9 Å². The Hall–Kier alpha value is -1.32. The lowest BCUT2D eigenvalue weighted by Gasteiger charge is -2.14. The zero-order valence-electron chi connectivity index (χ0n) is 13.4. The highest BCUT2D eigenvalue weighted by atomic mass is 16.5. The van der Waals surface area contributed by atoms with E-state index in [2.05, 4.69) is 13.8 Å². The molecule has 0 aliphatic rings. The summed E-state index contributed by atoms with van der Waals surface area (Å²) >= 11 is 0. The summed E-state index contributed by atoms with van der Waals surface area (Å²) in [5.41, 5.74) is 0.562. The van der Waals surface area contributed by atoms with E-state index in [4.69, 9.17) is 4.74 Å². The predicted octanol–water partition coefficient (Wildman–Crippen LogP) is 3.80.